The second-order valence-electron chi connectivity index (χ2n) is 2.94. The van der Waals surface area contributed by atoms with Gasteiger partial charge >= 0.3 is 0 Å². The van der Waals surface area contributed by atoms with Crippen molar-refractivity contribution >= 4 is 22.9 Å². The Morgan fingerprint density at radius 3 is 2.75 bits per heavy atom. The molecule has 0 spiro atoms. The van der Waals surface area contributed by atoms with Crippen LogP contribution in [0.2, 0.25) is 5.15 Å². The predicted octanol–water partition coefficient (Wildman–Crippen LogP) is 2.87. The number of nitrogens with zero attached hydrogens (tertiary/aromatic N) is 2. The molecule has 0 atom stereocenters. The third-order valence-electron chi connectivity index (χ3n) is 1.31. The molecule has 0 N–H and O–H groups in total. The molecule has 0 aliphatic heterocycles. The van der Waals surface area contributed by atoms with Gasteiger partial charge in [-0.15, -0.1) is 11.3 Å². The summed E-state index contributed by atoms with van der Waals surface area (Å²) in [7, 11) is 0. The molecule has 2 nitrogen and oxygen atoms in total. The van der Waals surface area contributed by atoms with Crippen molar-refractivity contribution in [1.29, 1.82) is 5.26 Å². The first-order valence-corrected chi connectivity index (χ1v) is 4.88. The molecule has 4 heteroatoms. The molecule has 0 radical (unpaired) electrons. The van der Waals surface area contributed by atoms with Gasteiger partial charge in [-0.25, -0.2) is 4.98 Å². The van der Waals surface area contributed by atoms with Crippen LogP contribution < -0.4 is 0 Å². The molecule has 0 bridgehead atoms. The van der Waals surface area contributed by atoms with Crippen LogP contribution in [0.25, 0.3) is 0 Å². The quantitative estimate of drug-likeness (QED) is 0.736. The van der Waals surface area contributed by atoms with Crippen LogP contribution in [0.5, 0.6) is 0 Å². The fraction of sp³-hybridized carbons (Fsp3) is 0.500. The molecule has 64 valence electrons. The lowest BCUT2D eigenvalue weighted by atomic mass is 10.1. The summed E-state index contributed by atoms with van der Waals surface area (Å²) in [5.74, 6) is 0.554. The molecular weight excluding hydrogens is 192 g/mol. The van der Waals surface area contributed by atoms with E-state index in [1.165, 1.54) is 11.3 Å². The van der Waals surface area contributed by atoms with E-state index in [1.54, 1.807) is 0 Å². The lowest BCUT2D eigenvalue weighted by molar-refractivity contribution is 0.644. The topological polar surface area (TPSA) is 36.7 Å². The molecule has 0 aliphatic rings. The number of rotatable bonds is 2. The molecule has 0 saturated heterocycles. The maximum absolute atomic E-state index is 8.60. The minimum atomic E-state index is 0.346. The van der Waals surface area contributed by atoms with Crippen molar-refractivity contribution in [3.63, 3.8) is 0 Å². The molecule has 1 aromatic rings. The van der Waals surface area contributed by atoms with Gasteiger partial charge in [0.2, 0.25) is 0 Å². The molecule has 1 aromatic heterocycles. The largest absolute Gasteiger partial charge is 0.228 e. The molecule has 0 aromatic carbocycles. The molecule has 0 unspecified atom stereocenters. The van der Waals surface area contributed by atoms with Gasteiger partial charge < -0.3 is 0 Å². The van der Waals surface area contributed by atoms with Gasteiger partial charge in [0.05, 0.1) is 5.01 Å². The van der Waals surface area contributed by atoms with Crippen molar-refractivity contribution < 1.29 is 0 Å². The highest BCUT2D eigenvalue weighted by atomic mass is 35.5. The van der Waals surface area contributed by atoms with E-state index in [1.807, 2.05) is 6.07 Å². The van der Waals surface area contributed by atoms with Gasteiger partial charge in [-0.05, 0) is 5.92 Å². The van der Waals surface area contributed by atoms with Crippen molar-refractivity contribution in [3.05, 3.63) is 15.0 Å². The Kier molecular flexibility index (Phi) is 3.07. The van der Waals surface area contributed by atoms with E-state index >= 15 is 0 Å². The standard InChI is InChI=1S/C8H9ClN2S/c1-5(2)3-7-11-8(9)6(4-10)12-7/h5H,3H2,1-2H3. The average molecular weight is 201 g/mol. The lowest BCUT2D eigenvalue weighted by Gasteiger charge is -1.97. The van der Waals surface area contributed by atoms with Crippen LogP contribution in [0.3, 0.4) is 0 Å². The van der Waals surface area contributed by atoms with Crippen LogP contribution in [0.15, 0.2) is 0 Å². The van der Waals surface area contributed by atoms with Gasteiger partial charge in [0.1, 0.15) is 10.9 Å². The SMILES string of the molecule is CC(C)Cc1nc(Cl)c(C#N)s1. The van der Waals surface area contributed by atoms with Crippen molar-refractivity contribution in [2.75, 3.05) is 0 Å². The molecular formula is C8H9ClN2S. The first-order chi connectivity index (χ1) is 5.63. The normalized spacial score (nSPS) is 10.2. The summed E-state index contributed by atoms with van der Waals surface area (Å²) in [5.41, 5.74) is 0. The molecule has 0 aliphatic carbocycles. The Morgan fingerprint density at radius 2 is 2.33 bits per heavy atom. The summed E-state index contributed by atoms with van der Waals surface area (Å²) in [5, 5.41) is 9.90. The maximum atomic E-state index is 8.60. The fourth-order valence-electron chi connectivity index (χ4n) is 0.849. The van der Waals surface area contributed by atoms with Gasteiger partial charge in [0.15, 0.2) is 5.15 Å². The highest BCUT2D eigenvalue weighted by Gasteiger charge is 2.09. The zero-order chi connectivity index (χ0) is 9.14. The molecule has 0 saturated carbocycles. The number of hydrogen-bond acceptors (Lipinski definition) is 3. The van der Waals surface area contributed by atoms with Crippen LogP contribution in [-0.2, 0) is 6.42 Å². The number of hydrogen-bond donors (Lipinski definition) is 0. The zero-order valence-electron chi connectivity index (χ0n) is 6.97. The molecule has 1 heterocycles. The smallest absolute Gasteiger partial charge is 0.158 e. The Bertz CT molecular complexity index is 311. The zero-order valence-corrected chi connectivity index (χ0v) is 8.54. The van der Waals surface area contributed by atoms with Crippen molar-refractivity contribution in [1.82, 2.24) is 4.98 Å². The molecule has 1 rings (SSSR count). The van der Waals surface area contributed by atoms with Crippen LogP contribution in [0.4, 0.5) is 0 Å². The number of nitriles is 1. The highest BCUT2D eigenvalue weighted by Crippen LogP contribution is 2.23. The second-order valence-corrected chi connectivity index (χ2v) is 4.38. The Balaban J connectivity index is 2.84. The van der Waals surface area contributed by atoms with E-state index in [-0.39, 0.29) is 0 Å². The first-order valence-electron chi connectivity index (χ1n) is 3.68. The summed E-state index contributed by atoms with van der Waals surface area (Å²) in [6.45, 7) is 4.22. The maximum Gasteiger partial charge on any atom is 0.158 e. The van der Waals surface area contributed by atoms with Gasteiger partial charge in [-0.1, -0.05) is 25.4 Å². The van der Waals surface area contributed by atoms with Crippen LogP contribution in [0, 0.1) is 17.2 Å². The summed E-state index contributed by atoms with van der Waals surface area (Å²) < 4.78 is 0. The van der Waals surface area contributed by atoms with Crippen LogP contribution >= 0.6 is 22.9 Å². The van der Waals surface area contributed by atoms with E-state index in [0.717, 1.165) is 11.4 Å². The van der Waals surface area contributed by atoms with Gasteiger partial charge in [-0.2, -0.15) is 5.26 Å². The average Bonchev–Trinajstić information content (AvgIpc) is 2.29. The van der Waals surface area contributed by atoms with E-state index in [4.69, 9.17) is 16.9 Å². The third-order valence-corrected chi connectivity index (χ3v) is 2.68. The van der Waals surface area contributed by atoms with E-state index in [0.29, 0.717) is 15.9 Å². The van der Waals surface area contributed by atoms with Gasteiger partial charge in [0, 0.05) is 6.42 Å². The monoisotopic (exact) mass is 200 g/mol. The molecule has 0 amide bonds. The summed E-state index contributed by atoms with van der Waals surface area (Å²) in [6, 6.07) is 2.01. The first kappa shape index (κ1) is 9.50. The Hall–Kier alpha value is -0.590. The molecule has 12 heavy (non-hydrogen) atoms. The van der Waals surface area contributed by atoms with E-state index in [2.05, 4.69) is 18.8 Å². The minimum absolute atomic E-state index is 0.346. The van der Waals surface area contributed by atoms with Crippen LogP contribution in [0.1, 0.15) is 23.7 Å². The number of thiazole rings is 1. The minimum Gasteiger partial charge on any atom is -0.228 e. The highest BCUT2D eigenvalue weighted by molar-refractivity contribution is 7.12. The van der Waals surface area contributed by atoms with Gasteiger partial charge in [-0.3, -0.25) is 0 Å². The summed E-state index contributed by atoms with van der Waals surface area (Å²) in [6.07, 6.45) is 0.895. The van der Waals surface area contributed by atoms with Crippen molar-refractivity contribution in [2.24, 2.45) is 5.92 Å². The Labute approximate surface area is 80.8 Å². The molecule has 0 fully saturated rings. The Morgan fingerprint density at radius 1 is 1.67 bits per heavy atom. The number of halogens is 1. The van der Waals surface area contributed by atoms with E-state index in [9.17, 15) is 0 Å². The lowest BCUT2D eigenvalue weighted by Crippen LogP contribution is -1.91. The van der Waals surface area contributed by atoms with Crippen molar-refractivity contribution in [3.8, 4) is 6.07 Å². The number of aromatic nitrogens is 1. The van der Waals surface area contributed by atoms with Crippen LogP contribution in [-0.4, -0.2) is 4.98 Å². The van der Waals surface area contributed by atoms with E-state index < -0.39 is 0 Å². The summed E-state index contributed by atoms with van der Waals surface area (Å²) >= 11 is 7.09. The second kappa shape index (κ2) is 3.88. The van der Waals surface area contributed by atoms with Gasteiger partial charge in [0.25, 0.3) is 0 Å². The fourth-order valence-corrected chi connectivity index (χ4v) is 2.12. The predicted molar refractivity (Wildman–Crippen MR) is 50.4 cm³/mol. The summed E-state index contributed by atoms with van der Waals surface area (Å²) in [4.78, 5) is 4.60. The van der Waals surface area contributed by atoms with Crippen molar-refractivity contribution in [2.45, 2.75) is 20.3 Å². The third kappa shape index (κ3) is 2.20.